The van der Waals surface area contributed by atoms with Crippen molar-refractivity contribution in [2.75, 3.05) is 5.32 Å². The zero-order valence-corrected chi connectivity index (χ0v) is 11.4. The van der Waals surface area contributed by atoms with E-state index in [0.29, 0.717) is 5.02 Å². The lowest BCUT2D eigenvalue weighted by molar-refractivity contribution is -0.117. The van der Waals surface area contributed by atoms with E-state index in [-0.39, 0.29) is 11.5 Å². The summed E-state index contributed by atoms with van der Waals surface area (Å²) in [5.41, 5.74) is 0.232. The lowest BCUT2D eigenvalue weighted by atomic mass is 9.98. The lowest BCUT2D eigenvalue weighted by Gasteiger charge is -2.08. The number of Topliss-reactive ketones (excluding diaryl/α,β-unsaturated/α-hetero) is 1. The first-order valence-electron chi connectivity index (χ1n) is 5.89. The van der Waals surface area contributed by atoms with Crippen LogP contribution in [0, 0.1) is 17.2 Å². The molecule has 0 bridgehead atoms. The van der Waals surface area contributed by atoms with E-state index in [2.05, 4.69) is 15.3 Å². The van der Waals surface area contributed by atoms with Crippen LogP contribution in [0.3, 0.4) is 0 Å². The van der Waals surface area contributed by atoms with E-state index in [4.69, 9.17) is 16.9 Å². The molecular formula is C14H9ClN4O2. The third-order valence-corrected chi connectivity index (χ3v) is 2.83. The largest absolute Gasteiger partial charge is 0.293 e. The van der Waals surface area contributed by atoms with Crippen LogP contribution in [0.1, 0.15) is 10.4 Å². The van der Waals surface area contributed by atoms with Gasteiger partial charge in [-0.3, -0.25) is 14.9 Å². The van der Waals surface area contributed by atoms with Gasteiger partial charge in [0.15, 0.2) is 11.7 Å². The summed E-state index contributed by atoms with van der Waals surface area (Å²) in [5, 5.41) is 11.8. The highest BCUT2D eigenvalue weighted by atomic mass is 35.5. The van der Waals surface area contributed by atoms with Crippen LogP contribution in [0.15, 0.2) is 42.7 Å². The maximum absolute atomic E-state index is 12.2. The molecule has 1 heterocycles. The van der Waals surface area contributed by atoms with Crippen molar-refractivity contribution >= 4 is 29.2 Å². The van der Waals surface area contributed by atoms with Gasteiger partial charge in [-0.05, 0) is 30.3 Å². The van der Waals surface area contributed by atoms with Gasteiger partial charge in [-0.25, -0.2) is 9.97 Å². The number of carbonyl (C=O) groups is 2. The van der Waals surface area contributed by atoms with Crippen LogP contribution in [-0.4, -0.2) is 21.7 Å². The Kier molecular flexibility index (Phi) is 4.59. The fourth-order valence-corrected chi connectivity index (χ4v) is 1.69. The van der Waals surface area contributed by atoms with Gasteiger partial charge in [0.1, 0.15) is 0 Å². The normalized spacial score (nSPS) is 11.2. The molecule has 2 rings (SSSR count). The molecule has 0 aliphatic heterocycles. The maximum atomic E-state index is 12.2. The number of amides is 1. The molecule has 1 aromatic carbocycles. The minimum Gasteiger partial charge on any atom is -0.293 e. The molecule has 0 spiro atoms. The van der Waals surface area contributed by atoms with Crippen LogP contribution < -0.4 is 5.32 Å². The molecule has 1 N–H and O–H groups in total. The van der Waals surface area contributed by atoms with Crippen LogP contribution in [0.4, 0.5) is 5.95 Å². The molecule has 0 saturated heterocycles. The summed E-state index contributed by atoms with van der Waals surface area (Å²) in [5.74, 6) is -2.83. The van der Waals surface area contributed by atoms with Crippen molar-refractivity contribution in [3.8, 4) is 6.07 Å². The van der Waals surface area contributed by atoms with E-state index in [9.17, 15) is 9.59 Å². The van der Waals surface area contributed by atoms with Crippen molar-refractivity contribution in [2.45, 2.75) is 0 Å². The average Bonchev–Trinajstić information content (AvgIpc) is 2.49. The summed E-state index contributed by atoms with van der Waals surface area (Å²) < 4.78 is 0. The minimum atomic E-state index is -1.48. The van der Waals surface area contributed by atoms with E-state index in [1.54, 1.807) is 12.1 Å². The van der Waals surface area contributed by atoms with Gasteiger partial charge in [0.2, 0.25) is 5.95 Å². The van der Waals surface area contributed by atoms with E-state index >= 15 is 0 Å². The molecule has 21 heavy (non-hydrogen) atoms. The zero-order valence-electron chi connectivity index (χ0n) is 10.7. The molecule has 7 heteroatoms. The molecule has 1 amide bonds. The highest BCUT2D eigenvalue weighted by Crippen LogP contribution is 2.14. The number of anilines is 1. The molecule has 0 radical (unpaired) electrons. The fraction of sp³-hybridized carbons (Fsp3) is 0.0714. The number of aromatic nitrogens is 2. The van der Waals surface area contributed by atoms with Gasteiger partial charge in [0.25, 0.3) is 5.91 Å². The van der Waals surface area contributed by atoms with E-state index in [1.807, 2.05) is 0 Å². The molecule has 0 fully saturated rings. The van der Waals surface area contributed by atoms with Crippen LogP contribution in [0.25, 0.3) is 0 Å². The number of carbonyl (C=O) groups excluding carboxylic acids is 2. The topological polar surface area (TPSA) is 95.7 Å². The smallest absolute Gasteiger partial charge is 0.252 e. The molecule has 1 atom stereocenters. The Labute approximate surface area is 125 Å². The van der Waals surface area contributed by atoms with Crippen molar-refractivity contribution in [1.29, 1.82) is 5.26 Å². The van der Waals surface area contributed by atoms with Gasteiger partial charge in [-0.2, -0.15) is 5.26 Å². The molecule has 0 aliphatic carbocycles. The maximum Gasteiger partial charge on any atom is 0.252 e. The van der Waals surface area contributed by atoms with Gasteiger partial charge in [-0.15, -0.1) is 0 Å². The minimum absolute atomic E-state index is 0.0339. The summed E-state index contributed by atoms with van der Waals surface area (Å²) >= 11 is 5.73. The number of rotatable bonds is 4. The molecule has 0 saturated carbocycles. The average molecular weight is 301 g/mol. The van der Waals surface area contributed by atoms with E-state index < -0.39 is 17.6 Å². The predicted octanol–water partition coefficient (Wildman–Crippen LogP) is 2.09. The number of hydrogen-bond acceptors (Lipinski definition) is 5. The van der Waals surface area contributed by atoms with Crippen LogP contribution in [0.5, 0.6) is 0 Å². The first-order chi connectivity index (χ1) is 10.1. The fourth-order valence-electron chi connectivity index (χ4n) is 1.56. The van der Waals surface area contributed by atoms with Gasteiger partial charge >= 0.3 is 0 Å². The highest BCUT2D eigenvalue weighted by Gasteiger charge is 2.28. The molecule has 2 aromatic rings. The van der Waals surface area contributed by atoms with Crippen molar-refractivity contribution in [3.63, 3.8) is 0 Å². The second kappa shape index (κ2) is 6.59. The second-order valence-corrected chi connectivity index (χ2v) is 4.43. The Morgan fingerprint density at radius 2 is 1.81 bits per heavy atom. The molecular weight excluding hydrogens is 292 g/mol. The number of halogens is 1. The molecule has 104 valence electrons. The number of benzene rings is 1. The summed E-state index contributed by atoms with van der Waals surface area (Å²) in [6.07, 6.45) is 2.87. The van der Waals surface area contributed by atoms with Crippen molar-refractivity contribution in [1.82, 2.24) is 9.97 Å². The molecule has 1 aromatic heterocycles. The van der Waals surface area contributed by atoms with Crippen molar-refractivity contribution < 1.29 is 9.59 Å². The van der Waals surface area contributed by atoms with Gasteiger partial charge in [0, 0.05) is 23.0 Å². The first-order valence-corrected chi connectivity index (χ1v) is 6.27. The number of nitrogens with zero attached hydrogens (tertiary/aromatic N) is 3. The quantitative estimate of drug-likeness (QED) is 0.689. The van der Waals surface area contributed by atoms with Crippen LogP contribution in [0.2, 0.25) is 5.02 Å². The lowest BCUT2D eigenvalue weighted by Crippen LogP contribution is -2.29. The Hall–Kier alpha value is -2.78. The Balaban J connectivity index is 2.15. The second-order valence-electron chi connectivity index (χ2n) is 3.99. The molecule has 6 nitrogen and oxygen atoms in total. The van der Waals surface area contributed by atoms with Gasteiger partial charge in [0.05, 0.1) is 6.07 Å². The summed E-state index contributed by atoms with van der Waals surface area (Å²) in [4.78, 5) is 31.7. The third-order valence-electron chi connectivity index (χ3n) is 2.58. The summed E-state index contributed by atoms with van der Waals surface area (Å²) in [6.45, 7) is 0. The summed E-state index contributed by atoms with van der Waals surface area (Å²) in [7, 11) is 0. The van der Waals surface area contributed by atoms with Crippen molar-refractivity contribution in [3.05, 3.63) is 53.3 Å². The zero-order chi connectivity index (χ0) is 15.2. The Morgan fingerprint density at radius 3 is 2.38 bits per heavy atom. The Bertz CT molecular complexity index is 695. The van der Waals surface area contributed by atoms with Crippen molar-refractivity contribution in [2.24, 2.45) is 5.92 Å². The molecule has 0 aliphatic rings. The van der Waals surface area contributed by atoms with Crippen LogP contribution in [-0.2, 0) is 4.79 Å². The number of nitriles is 1. The SMILES string of the molecule is N#CC(C(=O)Nc1ncccn1)C(=O)c1ccc(Cl)cc1. The van der Waals surface area contributed by atoms with E-state index in [1.165, 1.54) is 36.7 Å². The molecule has 1 unspecified atom stereocenters. The number of hydrogen-bond donors (Lipinski definition) is 1. The van der Waals surface area contributed by atoms with Crippen LogP contribution >= 0.6 is 11.6 Å². The predicted molar refractivity (Wildman–Crippen MR) is 75.5 cm³/mol. The standard InChI is InChI=1S/C14H9ClN4O2/c15-10-4-2-9(3-5-10)12(20)11(8-16)13(21)19-14-17-6-1-7-18-14/h1-7,11H,(H,17,18,19,21). The van der Waals surface area contributed by atoms with E-state index in [0.717, 1.165) is 0 Å². The van der Waals surface area contributed by atoms with Gasteiger partial charge in [-0.1, -0.05) is 11.6 Å². The summed E-state index contributed by atoms with van der Waals surface area (Å²) in [6, 6.07) is 9.21. The third kappa shape index (κ3) is 3.61. The Morgan fingerprint density at radius 1 is 1.19 bits per heavy atom. The van der Waals surface area contributed by atoms with Gasteiger partial charge < -0.3 is 0 Å². The number of ketones is 1. The number of nitrogens with one attached hydrogen (secondary N) is 1. The monoisotopic (exact) mass is 300 g/mol. The first kappa shape index (κ1) is 14.6. The highest BCUT2D eigenvalue weighted by molar-refractivity contribution is 6.30.